The van der Waals surface area contributed by atoms with Gasteiger partial charge in [-0.1, -0.05) is 6.42 Å². The van der Waals surface area contributed by atoms with Gasteiger partial charge in [-0.05, 0) is 44.7 Å². The fourth-order valence-corrected chi connectivity index (χ4v) is 2.53. The molecule has 2 aliphatic carbocycles. The summed E-state index contributed by atoms with van der Waals surface area (Å²) in [5, 5.41) is 0. The Hall–Kier alpha value is -0.0400. The maximum atomic E-state index is 2.77. The molecule has 2 saturated carbocycles. The van der Waals surface area contributed by atoms with Crippen molar-refractivity contribution in [2.24, 2.45) is 5.92 Å². The summed E-state index contributed by atoms with van der Waals surface area (Å²) in [6.45, 7) is 2.83. The Morgan fingerprint density at radius 2 is 1.60 bits per heavy atom. The van der Waals surface area contributed by atoms with Crippen LogP contribution in [-0.4, -0.2) is 23.5 Å². The largest absolute Gasteiger partial charge is 0.297 e. The first-order valence-corrected chi connectivity index (χ1v) is 4.67. The van der Waals surface area contributed by atoms with Crippen molar-refractivity contribution in [3.05, 3.63) is 0 Å². The van der Waals surface area contributed by atoms with Crippen molar-refractivity contribution in [2.45, 2.75) is 37.6 Å². The van der Waals surface area contributed by atoms with Crippen molar-refractivity contribution in [2.75, 3.05) is 13.1 Å². The molecule has 3 rings (SSSR count). The molecule has 56 valence electrons. The van der Waals surface area contributed by atoms with E-state index < -0.39 is 0 Å². The molecule has 10 heavy (non-hydrogen) atoms. The average molecular weight is 137 g/mol. The normalized spacial score (nSPS) is 52.2. The van der Waals surface area contributed by atoms with Crippen LogP contribution in [0.25, 0.3) is 0 Å². The molecule has 1 heterocycles. The molecule has 0 N–H and O–H groups in total. The fourth-order valence-electron chi connectivity index (χ4n) is 2.53. The summed E-state index contributed by atoms with van der Waals surface area (Å²) >= 11 is 0. The Balaban J connectivity index is 1.69. The lowest BCUT2D eigenvalue weighted by Gasteiger charge is -2.29. The van der Waals surface area contributed by atoms with Gasteiger partial charge in [0.25, 0.3) is 0 Å². The first-order valence-electron chi connectivity index (χ1n) is 4.67. The van der Waals surface area contributed by atoms with E-state index >= 15 is 0 Å². The third kappa shape index (κ3) is 0.572. The second-order valence-electron chi connectivity index (χ2n) is 4.26. The van der Waals surface area contributed by atoms with Crippen LogP contribution in [0, 0.1) is 5.92 Å². The monoisotopic (exact) mass is 137 g/mol. The third-order valence-electron chi connectivity index (χ3n) is 3.63. The maximum absolute atomic E-state index is 2.77. The van der Waals surface area contributed by atoms with Crippen LogP contribution in [-0.2, 0) is 0 Å². The van der Waals surface area contributed by atoms with E-state index in [1.807, 2.05) is 0 Å². The Morgan fingerprint density at radius 3 is 2.10 bits per heavy atom. The molecule has 0 radical (unpaired) electrons. The van der Waals surface area contributed by atoms with E-state index in [-0.39, 0.29) is 0 Å². The standard InChI is InChI=1S/C9H15N/c1-2-4-10(5-3-1)9-6-8(9)7-9/h8H,1-7H2. The molecule has 0 aromatic heterocycles. The molecule has 0 bridgehead atoms. The van der Waals surface area contributed by atoms with Crippen molar-refractivity contribution in [3.8, 4) is 0 Å². The van der Waals surface area contributed by atoms with Gasteiger partial charge in [0, 0.05) is 5.54 Å². The van der Waals surface area contributed by atoms with Gasteiger partial charge in [0.05, 0.1) is 0 Å². The van der Waals surface area contributed by atoms with Gasteiger partial charge in [-0.25, -0.2) is 0 Å². The molecule has 1 nitrogen and oxygen atoms in total. The molecular formula is C9H15N. The molecule has 1 saturated heterocycles. The SMILES string of the molecule is C1CCN(C23CC2C3)CC1. The lowest BCUT2D eigenvalue weighted by atomic mass is 10.1. The lowest BCUT2D eigenvalue weighted by molar-refractivity contribution is 0.183. The van der Waals surface area contributed by atoms with Gasteiger partial charge in [-0.3, -0.25) is 4.90 Å². The number of hydrogen-bond donors (Lipinski definition) is 0. The van der Waals surface area contributed by atoms with Crippen molar-refractivity contribution >= 4 is 0 Å². The minimum Gasteiger partial charge on any atom is -0.297 e. The quantitative estimate of drug-likeness (QED) is 0.531. The van der Waals surface area contributed by atoms with Crippen molar-refractivity contribution < 1.29 is 0 Å². The van der Waals surface area contributed by atoms with Crippen LogP contribution in [0.5, 0.6) is 0 Å². The highest BCUT2D eigenvalue weighted by Crippen LogP contribution is 2.70. The maximum Gasteiger partial charge on any atom is 0.0245 e. The lowest BCUT2D eigenvalue weighted by Crippen LogP contribution is -2.35. The minimum absolute atomic E-state index is 0.820. The number of likely N-dealkylation sites (tertiary alicyclic amines) is 1. The van der Waals surface area contributed by atoms with Gasteiger partial charge in [-0.15, -0.1) is 0 Å². The van der Waals surface area contributed by atoms with Gasteiger partial charge < -0.3 is 0 Å². The first-order chi connectivity index (χ1) is 4.92. The molecular weight excluding hydrogens is 122 g/mol. The van der Waals surface area contributed by atoms with Crippen LogP contribution in [0.2, 0.25) is 0 Å². The molecule has 1 aliphatic heterocycles. The summed E-state index contributed by atoms with van der Waals surface area (Å²) in [6.07, 6.45) is 7.51. The number of piperidine rings is 1. The summed E-state index contributed by atoms with van der Waals surface area (Å²) in [5.74, 6) is 1.16. The smallest absolute Gasteiger partial charge is 0.0245 e. The van der Waals surface area contributed by atoms with Crippen molar-refractivity contribution in [3.63, 3.8) is 0 Å². The zero-order valence-corrected chi connectivity index (χ0v) is 6.47. The Kier molecular flexibility index (Phi) is 0.883. The van der Waals surface area contributed by atoms with Crippen LogP contribution in [0.1, 0.15) is 32.1 Å². The van der Waals surface area contributed by atoms with Gasteiger partial charge in [-0.2, -0.15) is 0 Å². The summed E-state index contributed by atoms with van der Waals surface area (Å²) in [4.78, 5) is 2.77. The predicted octanol–water partition coefficient (Wildman–Crippen LogP) is 1.63. The van der Waals surface area contributed by atoms with Crippen LogP contribution >= 0.6 is 0 Å². The topological polar surface area (TPSA) is 3.24 Å². The van der Waals surface area contributed by atoms with E-state index in [2.05, 4.69) is 4.90 Å². The van der Waals surface area contributed by atoms with E-state index in [0.29, 0.717) is 0 Å². The highest BCUT2D eigenvalue weighted by Gasteiger charge is 2.72. The number of fused-ring (bicyclic) bond motifs is 1. The first kappa shape index (κ1) is 5.59. The van der Waals surface area contributed by atoms with E-state index in [9.17, 15) is 0 Å². The van der Waals surface area contributed by atoms with Crippen LogP contribution in [0.3, 0.4) is 0 Å². The van der Waals surface area contributed by atoms with Crippen LogP contribution in [0.15, 0.2) is 0 Å². The molecule has 3 fully saturated rings. The zero-order chi connectivity index (χ0) is 6.60. The third-order valence-corrected chi connectivity index (χ3v) is 3.63. The van der Waals surface area contributed by atoms with Crippen LogP contribution in [0.4, 0.5) is 0 Å². The summed E-state index contributed by atoms with van der Waals surface area (Å²) < 4.78 is 0. The summed E-state index contributed by atoms with van der Waals surface area (Å²) in [6, 6.07) is 0. The Bertz CT molecular complexity index is 152. The molecule has 0 atom stereocenters. The average Bonchev–Trinajstić information content (AvgIpc) is 2.74. The summed E-state index contributed by atoms with van der Waals surface area (Å²) in [5.41, 5.74) is 0.820. The molecule has 3 aliphatic rings. The highest BCUT2D eigenvalue weighted by molar-refractivity contribution is 5.27. The van der Waals surface area contributed by atoms with E-state index in [1.54, 1.807) is 12.8 Å². The van der Waals surface area contributed by atoms with Gasteiger partial charge in [0.15, 0.2) is 0 Å². The number of rotatable bonds is 1. The van der Waals surface area contributed by atoms with Gasteiger partial charge >= 0.3 is 0 Å². The van der Waals surface area contributed by atoms with E-state index in [0.717, 1.165) is 11.5 Å². The molecule has 0 aromatic rings. The van der Waals surface area contributed by atoms with Crippen LogP contribution < -0.4 is 0 Å². The predicted molar refractivity (Wildman–Crippen MR) is 40.9 cm³/mol. The second kappa shape index (κ2) is 1.58. The number of hydrogen-bond acceptors (Lipinski definition) is 1. The zero-order valence-electron chi connectivity index (χ0n) is 6.47. The molecule has 0 spiro atoms. The Labute approximate surface area is 62.4 Å². The molecule has 0 amide bonds. The van der Waals surface area contributed by atoms with Crippen molar-refractivity contribution in [1.29, 1.82) is 0 Å². The second-order valence-corrected chi connectivity index (χ2v) is 4.26. The highest BCUT2D eigenvalue weighted by atomic mass is 15.3. The molecule has 0 unspecified atom stereocenters. The van der Waals surface area contributed by atoms with Crippen molar-refractivity contribution in [1.82, 2.24) is 4.90 Å². The van der Waals surface area contributed by atoms with Gasteiger partial charge in [0.1, 0.15) is 0 Å². The molecule has 0 aromatic carbocycles. The Morgan fingerprint density at radius 1 is 1.00 bits per heavy atom. The van der Waals surface area contributed by atoms with E-state index in [4.69, 9.17) is 0 Å². The van der Waals surface area contributed by atoms with Gasteiger partial charge in [0.2, 0.25) is 0 Å². The summed E-state index contributed by atoms with van der Waals surface area (Å²) in [7, 11) is 0. The molecule has 1 heteroatoms. The fraction of sp³-hybridized carbons (Fsp3) is 1.00. The number of nitrogens with zero attached hydrogens (tertiary/aromatic N) is 1. The van der Waals surface area contributed by atoms with E-state index in [1.165, 1.54) is 32.4 Å². The minimum atomic E-state index is 0.820.